The van der Waals surface area contributed by atoms with Gasteiger partial charge in [0.2, 0.25) is 17.6 Å². The molecular formula is C24H27FN6O3. The van der Waals surface area contributed by atoms with Crippen molar-refractivity contribution in [1.82, 2.24) is 30.4 Å². The topological polar surface area (TPSA) is 102 Å². The number of halogens is 1. The summed E-state index contributed by atoms with van der Waals surface area (Å²) in [7, 11) is 1.58. The van der Waals surface area contributed by atoms with Crippen LogP contribution in [-0.2, 0) is 22.7 Å². The average molecular weight is 467 g/mol. The third-order valence-corrected chi connectivity index (χ3v) is 5.77. The zero-order chi connectivity index (χ0) is 23.9. The number of hydrogen-bond acceptors (Lipinski definition) is 6. The van der Waals surface area contributed by atoms with E-state index in [0.717, 1.165) is 31.2 Å². The summed E-state index contributed by atoms with van der Waals surface area (Å²) in [5, 5.41) is 15.3. The number of carbonyl (C=O) groups excluding carboxylic acids is 2. The van der Waals surface area contributed by atoms with Crippen molar-refractivity contribution < 1.29 is 18.7 Å². The largest absolute Gasteiger partial charge is 0.497 e. The maximum absolute atomic E-state index is 13.3. The maximum Gasteiger partial charge on any atom is 0.247 e. The molecule has 4 rings (SSSR count). The second kappa shape index (κ2) is 10.9. The SMILES string of the molecule is COc1ccc(-c2nnn(CC(=O)N(CC(=O)NC3CCCC3)Cc3ccc(F)cc3)n2)cc1. The first-order valence-electron chi connectivity index (χ1n) is 11.2. The zero-order valence-corrected chi connectivity index (χ0v) is 19.0. The predicted molar refractivity (Wildman–Crippen MR) is 122 cm³/mol. The Balaban J connectivity index is 1.44. The minimum absolute atomic E-state index is 0.104. The van der Waals surface area contributed by atoms with Gasteiger partial charge in [-0.3, -0.25) is 9.59 Å². The Morgan fingerprint density at radius 1 is 1.12 bits per heavy atom. The molecule has 0 unspecified atom stereocenters. The highest BCUT2D eigenvalue weighted by Crippen LogP contribution is 2.19. The Hall–Kier alpha value is -3.82. The average Bonchev–Trinajstić information content (AvgIpc) is 3.52. The van der Waals surface area contributed by atoms with E-state index in [9.17, 15) is 14.0 Å². The molecule has 0 saturated heterocycles. The van der Waals surface area contributed by atoms with Crippen LogP contribution < -0.4 is 10.1 Å². The number of methoxy groups -OCH3 is 1. The summed E-state index contributed by atoms with van der Waals surface area (Å²) < 4.78 is 18.5. The molecule has 1 aromatic heterocycles. The molecule has 0 aliphatic heterocycles. The van der Waals surface area contributed by atoms with Gasteiger partial charge in [0.25, 0.3) is 0 Å². The van der Waals surface area contributed by atoms with E-state index in [1.807, 2.05) is 0 Å². The number of aromatic nitrogens is 4. The summed E-state index contributed by atoms with van der Waals surface area (Å²) in [6.07, 6.45) is 4.10. The lowest BCUT2D eigenvalue weighted by Gasteiger charge is -2.23. The van der Waals surface area contributed by atoms with Crippen molar-refractivity contribution in [3.05, 3.63) is 59.9 Å². The van der Waals surface area contributed by atoms with Gasteiger partial charge in [-0.25, -0.2) is 4.39 Å². The van der Waals surface area contributed by atoms with Gasteiger partial charge in [0.1, 0.15) is 18.1 Å². The Morgan fingerprint density at radius 3 is 2.50 bits per heavy atom. The minimum Gasteiger partial charge on any atom is -0.497 e. The Kier molecular flexibility index (Phi) is 7.46. The summed E-state index contributed by atoms with van der Waals surface area (Å²) in [6, 6.07) is 13.2. The summed E-state index contributed by atoms with van der Waals surface area (Å²) >= 11 is 0. The quantitative estimate of drug-likeness (QED) is 0.520. The van der Waals surface area contributed by atoms with Crippen molar-refractivity contribution in [2.24, 2.45) is 0 Å². The number of hydrogen-bond donors (Lipinski definition) is 1. The van der Waals surface area contributed by atoms with E-state index in [1.165, 1.54) is 21.8 Å². The standard InChI is InChI=1S/C24H27FN6O3/c1-34-21-12-8-18(9-13-21)24-27-29-31(28-24)16-23(33)30(14-17-6-10-19(25)11-7-17)15-22(32)26-20-4-2-3-5-20/h6-13,20H,2-5,14-16H2,1H3,(H,26,32). The number of benzene rings is 2. The van der Waals surface area contributed by atoms with Crippen molar-refractivity contribution in [3.63, 3.8) is 0 Å². The van der Waals surface area contributed by atoms with Crippen molar-refractivity contribution in [2.45, 2.75) is 44.8 Å². The molecule has 2 amide bonds. The van der Waals surface area contributed by atoms with Crippen LogP contribution in [0, 0.1) is 5.82 Å². The van der Waals surface area contributed by atoms with Gasteiger partial charge in [-0.05, 0) is 60.0 Å². The van der Waals surface area contributed by atoms with Gasteiger partial charge < -0.3 is 15.0 Å². The lowest BCUT2D eigenvalue weighted by molar-refractivity contribution is -0.137. The molecule has 1 heterocycles. The zero-order valence-electron chi connectivity index (χ0n) is 19.0. The van der Waals surface area contributed by atoms with E-state index in [2.05, 4.69) is 20.7 Å². The molecule has 1 fully saturated rings. The molecule has 2 aromatic carbocycles. The minimum atomic E-state index is -0.363. The van der Waals surface area contributed by atoms with Crippen molar-refractivity contribution in [1.29, 1.82) is 0 Å². The fourth-order valence-electron chi connectivity index (χ4n) is 3.95. The second-order valence-corrected chi connectivity index (χ2v) is 8.30. The van der Waals surface area contributed by atoms with Gasteiger partial charge in [0.15, 0.2) is 0 Å². The molecule has 1 aliphatic carbocycles. The summed E-state index contributed by atoms with van der Waals surface area (Å²) in [5.41, 5.74) is 1.45. The molecule has 3 aromatic rings. The second-order valence-electron chi connectivity index (χ2n) is 8.30. The predicted octanol–water partition coefficient (Wildman–Crippen LogP) is 2.58. The number of nitrogens with one attached hydrogen (secondary N) is 1. The summed E-state index contributed by atoms with van der Waals surface area (Å²) in [5.74, 6) is 0.161. The smallest absolute Gasteiger partial charge is 0.247 e. The fraction of sp³-hybridized carbons (Fsp3) is 0.375. The van der Waals surface area contributed by atoms with Crippen LogP contribution in [0.1, 0.15) is 31.2 Å². The Labute approximate surface area is 196 Å². The van der Waals surface area contributed by atoms with Gasteiger partial charge in [-0.2, -0.15) is 4.80 Å². The van der Waals surface area contributed by atoms with Gasteiger partial charge in [-0.1, -0.05) is 25.0 Å². The first-order chi connectivity index (χ1) is 16.5. The van der Waals surface area contributed by atoms with Crippen LogP contribution >= 0.6 is 0 Å². The molecule has 10 heteroatoms. The number of rotatable bonds is 9. The molecule has 1 saturated carbocycles. The fourth-order valence-corrected chi connectivity index (χ4v) is 3.95. The molecule has 9 nitrogen and oxygen atoms in total. The van der Waals surface area contributed by atoms with Crippen LogP contribution in [0.2, 0.25) is 0 Å². The van der Waals surface area contributed by atoms with Gasteiger partial charge >= 0.3 is 0 Å². The van der Waals surface area contributed by atoms with Crippen LogP contribution in [0.15, 0.2) is 48.5 Å². The van der Waals surface area contributed by atoms with Crippen LogP contribution in [0.4, 0.5) is 4.39 Å². The third-order valence-electron chi connectivity index (χ3n) is 5.77. The lowest BCUT2D eigenvalue weighted by atomic mass is 10.2. The van der Waals surface area contributed by atoms with Crippen LogP contribution in [0.3, 0.4) is 0 Å². The summed E-state index contributed by atoms with van der Waals surface area (Å²) in [4.78, 5) is 28.4. The van der Waals surface area contributed by atoms with Gasteiger partial charge in [0, 0.05) is 18.2 Å². The molecule has 0 radical (unpaired) electrons. The normalized spacial score (nSPS) is 13.6. The van der Waals surface area contributed by atoms with E-state index in [1.54, 1.807) is 43.5 Å². The van der Waals surface area contributed by atoms with Crippen LogP contribution in [-0.4, -0.2) is 56.6 Å². The molecule has 1 aliphatic rings. The monoisotopic (exact) mass is 466 g/mol. The first-order valence-corrected chi connectivity index (χ1v) is 11.2. The van der Waals surface area contributed by atoms with Gasteiger partial charge in [-0.15, -0.1) is 10.2 Å². The van der Waals surface area contributed by atoms with Crippen molar-refractivity contribution >= 4 is 11.8 Å². The lowest BCUT2D eigenvalue weighted by Crippen LogP contribution is -2.44. The highest BCUT2D eigenvalue weighted by atomic mass is 19.1. The van der Waals surface area contributed by atoms with E-state index in [-0.39, 0.29) is 43.3 Å². The Morgan fingerprint density at radius 2 is 1.82 bits per heavy atom. The molecule has 34 heavy (non-hydrogen) atoms. The molecule has 0 atom stereocenters. The highest BCUT2D eigenvalue weighted by molar-refractivity contribution is 5.84. The van der Waals surface area contributed by atoms with Crippen molar-refractivity contribution in [3.8, 4) is 17.1 Å². The Bertz CT molecular complexity index is 1110. The van der Waals surface area contributed by atoms with Crippen molar-refractivity contribution in [2.75, 3.05) is 13.7 Å². The number of tetrazole rings is 1. The summed E-state index contributed by atoms with van der Waals surface area (Å²) in [6.45, 7) is -0.120. The van der Waals surface area contributed by atoms with E-state index >= 15 is 0 Å². The highest BCUT2D eigenvalue weighted by Gasteiger charge is 2.22. The third kappa shape index (κ3) is 6.15. The molecule has 178 valence electrons. The molecular weight excluding hydrogens is 439 g/mol. The molecule has 0 spiro atoms. The maximum atomic E-state index is 13.3. The van der Waals surface area contributed by atoms with E-state index < -0.39 is 0 Å². The van der Waals surface area contributed by atoms with E-state index in [4.69, 9.17) is 4.74 Å². The van der Waals surface area contributed by atoms with Crippen LogP contribution in [0.5, 0.6) is 5.75 Å². The number of ether oxygens (including phenoxy) is 1. The van der Waals surface area contributed by atoms with Crippen LogP contribution in [0.25, 0.3) is 11.4 Å². The number of nitrogens with zero attached hydrogens (tertiary/aromatic N) is 5. The van der Waals surface area contributed by atoms with E-state index in [0.29, 0.717) is 17.1 Å². The number of carbonyl (C=O) groups is 2. The first kappa shape index (κ1) is 23.3. The molecule has 1 N–H and O–H groups in total. The van der Waals surface area contributed by atoms with Gasteiger partial charge in [0.05, 0.1) is 13.7 Å². The number of amides is 2. The molecule has 0 bridgehead atoms.